The van der Waals surface area contributed by atoms with Crippen molar-refractivity contribution in [3.63, 3.8) is 0 Å². The fraction of sp³-hybridized carbons (Fsp3) is 0.533. The van der Waals surface area contributed by atoms with Gasteiger partial charge in [0.2, 0.25) is 0 Å². The van der Waals surface area contributed by atoms with Crippen LogP contribution in [0, 0.1) is 12.8 Å². The molecule has 0 radical (unpaired) electrons. The van der Waals surface area contributed by atoms with Gasteiger partial charge in [0, 0.05) is 13.2 Å². The largest absolute Gasteiger partial charge is 0.383 e. The molecular formula is C15H18N2O4S. The highest BCUT2D eigenvalue weighted by molar-refractivity contribution is 7.20. The summed E-state index contributed by atoms with van der Waals surface area (Å²) in [4.78, 5) is 37.8. The van der Waals surface area contributed by atoms with Crippen molar-refractivity contribution in [3.05, 3.63) is 31.3 Å². The predicted molar refractivity (Wildman–Crippen MR) is 85.2 cm³/mol. The first-order valence-electron chi connectivity index (χ1n) is 7.23. The zero-order valence-electron chi connectivity index (χ0n) is 12.8. The minimum Gasteiger partial charge on any atom is -0.383 e. The summed E-state index contributed by atoms with van der Waals surface area (Å²) in [7, 11) is 1.57. The molecule has 22 heavy (non-hydrogen) atoms. The molecule has 0 bridgehead atoms. The van der Waals surface area contributed by atoms with Gasteiger partial charge < -0.3 is 4.74 Å². The van der Waals surface area contributed by atoms with Crippen LogP contribution in [0.15, 0.2) is 9.59 Å². The van der Waals surface area contributed by atoms with E-state index in [4.69, 9.17) is 4.74 Å². The Hall–Kier alpha value is -1.73. The molecule has 0 aliphatic heterocycles. The third-order valence-corrected chi connectivity index (χ3v) is 5.54. The lowest BCUT2D eigenvalue weighted by Gasteiger charge is -2.11. The van der Waals surface area contributed by atoms with Gasteiger partial charge in [0.05, 0.1) is 23.4 Å². The summed E-state index contributed by atoms with van der Waals surface area (Å²) in [5.41, 5.74) is 0.0840. The Bertz CT molecular complexity index is 861. The third kappa shape index (κ3) is 2.16. The number of aldehydes is 1. The van der Waals surface area contributed by atoms with Crippen molar-refractivity contribution in [2.75, 3.05) is 13.7 Å². The van der Waals surface area contributed by atoms with Gasteiger partial charge in [-0.15, -0.1) is 11.3 Å². The first-order valence-corrected chi connectivity index (χ1v) is 8.05. The molecule has 0 spiro atoms. The number of rotatable bonds is 5. The van der Waals surface area contributed by atoms with Gasteiger partial charge in [0.25, 0.3) is 5.56 Å². The Labute approximate surface area is 130 Å². The van der Waals surface area contributed by atoms with Crippen LogP contribution >= 0.6 is 11.3 Å². The fourth-order valence-electron chi connectivity index (χ4n) is 2.83. The predicted octanol–water partition coefficient (Wildman–Crippen LogP) is 1.57. The molecule has 7 heteroatoms. The smallest absolute Gasteiger partial charge is 0.332 e. The number of ether oxygens (including phenoxy) is 1. The first-order chi connectivity index (χ1) is 10.5. The molecule has 2 aromatic rings. The second-order valence-corrected chi connectivity index (χ2v) is 6.80. The van der Waals surface area contributed by atoms with Gasteiger partial charge in [0.1, 0.15) is 4.83 Å². The fourth-order valence-corrected chi connectivity index (χ4v) is 3.96. The van der Waals surface area contributed by atoms with E-state index >= 15 is 0 Å². The van der Waals surface area contributed by atoms with E-state index in [0.717, 1.165) is 12.7 Å². The van der Waals surface area contributed by atoms with Gasteiger partial charge in [-0.3, -0.25) is 18.7 Å². The van der Waals surface area contributed by atoms with E-state index in [-0.39, 0.29) is 17.3 Å². The number of carbonyl (C=O) groups excluding carboxylic acids is 1. The summed E-state index contributed by atoms with van der Waals surface area (Å²) < 4.78 is 7.99. The lowest BCUT2D eigenvalue weighted by atomic mass is 10.2. The zero-order chi connectivity index (χ0) is 16.0. The van der Waals surface area contributed by atoms with Crippen LogP contribution in [0.25, 0.3) is 10.2 Å². The van der Waals surface area contributed by atoms with E-state index in [2.05, 4.69) is 0 Å². The van der Waals surface area contributed by atoms with Crippen LogP contribution in [-0.2, 0) is 11.3 Å². The maximum atomic E-state index is 12.8. The van der Waals surface area contributed by atoms with Gasteiger partial charge in [-0.1, -0.05) is 6.92 Å². The van der Waals surface area contributed by atoms with Crippen molar-refractivity contribution < 1.29 is 9.53 Å². The van der Waals surface area contributed by atoms with Crippen molar-refractivity contribution in [1.29, 1.82) is 0 Å². The van der Waals surface area contributed by atoms with E-state index in [1.165, 1.54) is 15.9 Å². The lowest BCUT2D eigenvalue weighted by Crippen LogP contribution is -2.40. The number of nitrogens with zero attached hydrogens (tertiary/aromatic N) is 2. The summed E-state index contributed by atoms with van der Waals surface area (Å²) in [6, 6.07) is -0.0304. The minimum atomic E-state index is -0.303. The average Bonchev–Trinajstić information content (AvgIpc) is 3.09. The Morgan fingerprint density at radius 1 is 1.41 bits per heavy atom. The van der Waals surface area contributed by atoms with Crippen molar-refractivity contribution >= 4 is 27.8 Å². The van der Waals surface area contributed by atoms with Gasteiger partial charge in [-0.25, -0.2) is 4.79 Å². The third-order valence-electron chi connectivity index (χ3n) is 4.30. The standard InChI is InChI=1S/C15H18N2O4S/c1-8-6-10(8)17-13(19)12-9(2)11(7-18)22-14(12)16(15(17)20)4-5-21-3/h7-8,10H,4-6H2,1-3H3/t8-,10?/m0/s1. The van der Waals surface area contributed by atoms with E-state index in [0.29, 0.717) is 39.7 Å². The number of hydrogen-bond acceptors (Lipinski definition) is 5. The van der Waals surface area contributed by atoms with Crippen molar-refractivity contribution in [2.24, 2.45) is 5.92 Å². The van der Waals surface area contributed by atoms with Crippen LogP contribution in [0.4, 0.5) is 0 Å². The molecule has 1 saturated carbocycles. The second kappa shape index (κ2) is 5.48. The molecule has 1 unspecified atom stereocenters. The monoisotopic (exact) mass is 322 g/mol. The van der Waals surface area contributed by atoms with Crippen molar-refractivity contribution in [2.45, 2.75) is 32.9 Å². The number of thiophene rings is 1. The molecular weight excluding hydrogens is 304 g/mol. The second-order valence-electron chi connectivity index (χ2n) is 5.77. The van der Waals surface area contributed by atoms with Crippen LogP contribution in [0.1, 0.15) is 34.6 Å². The van der Waals surface area contributed by atoms with Crippen LogP contribution in [-0.4, -0.2) is 29.1 Å². The highest BCUT2D eigenvalue weighted by Gasteiger charge is 2.38. The molecule has 1 aliphatic carbocycles. The van der Waals surface area contributed by atoms with Crippen LogP contribution < -0.4 is 11.2 Å². The molecule has 2 atom stereocenters. The Balaban J connectivity index is 2.37. The molecule has 0 aromatic carbocycles. The summed E-state index contributed by atoms with van der Waals surface area (Å²) >= 11 is 1.20. The number of hydrogen-bond donors (Lipinski definition) is 0. The molecule has 0 N–H and O–H groups in total. The average molecular weight is 322 g/mol. The Morgan fingerprint density at radius 2 is 2.09 bits per heavy atom. The topological polar surface area (TPSA) is 70.3 Å². The quantitative estimate of drug-likeness (QED) is 0.784. The number of fused-ring (bicyclic) bond motifs is 1. The lowest BCUT2D eigenvalue weighted by molar-refractivity contribution is 0.112. The van der Waals surface area contributed by atoms with Crippen molar-refractivity contribution in [1.82, 2.24) is 9.13 Å². The molecule has 118 valence electrons. The molecule has 0 amide bonds. The molecule has 6 nitrogen and oxygen atoms in total. The summed E-state index contributed by atoms with van der Waals surface area (Å²) in [5, 5.41) is 0.488. The van der Waals surface area contributed by atoms with Crippen molar-refractivity contribution in [3.8, 4) is 0 Å². The van der Waals surface area contributed by atoms with Gasteiger partial charge in [-0.05, 0) is 24.8 Å². The minimum absolute atomic E-state index is 0.0304. The Kier molecular flexibility index (Phi) is 3.78. The number of aryl methyl sites for hydroxylation is 1. The SMILES string of the molecule is COCCn1c(=O)n(C2C[C@@H]2C)c(=O)c2c(C)c(C=O)sc21. The number of methoxy groups -OCH3 is 1. The maximum absolute atomic E-state index is 12.8. The molecule has 3 rings (SSSR count). The molecule has 2 heterocycles. The summed E-state index contributed by atoms with van der Waals surface area (Å²) in [6.45, 7) is 4.53. The number of carbonyl (C=O) groups is 1. The van der Waals surface area contributed by atoms with Gasteiger partial charge >= 0.3 is 5.69 Å². The zero-order valence-corrected chi connectivity index (χ0v) is 13.6. The van der Waals surface area contributed by atoms with E-state index < -0.39 is 0 Å². The maximum Gasteiger partial charge on any atom is 0.332 e. The van der Waals surface area contributed by atoms with Gasteiger partial charge in [0.15, 0.2) is 6.29 Å². The van der Waals surface area contributed by atoms with Crippen LogP contribution in [0.3, 0.4) is 0 Å². The van der Waals surface area contributed by atoms with E-state index in [1.807, 2.05) is 6.92 Å². The van der Waals surface area contributed by atoms with E-state index in [1.54, 1.807) is 18.6 Å². The highest BCUT2D eigenvalue weighted by Crippen LogP contribution is 2.41. The molecule has 1 aliphatic rings. The molecule has 1 fully saturated rings. The van der Waals surface area contributed by atoms with E-state index in [9.17, 15) is 14.4 Å². The highest BCUT2D eigenvalue weighted by atomic mass is 32.1. The molecule has 2 aromatic heterocycles. The van der Waals surface area contributed by atoms with Crippen LogP contribution in [0.2, 0.25) is 0 Å². The first kappa shape index (κ1) is 15.2. The number of aromatic nitrogens is 2. The van der Waals surface area contributed by atoms with Gasteiger partial charge in [-0.2, -0.15) is 0 Å². The summed E-state index contributed by atoms with van der Waals surface area (Å²) in [6.07, 6.45) is 1.59. The molecule has 0 saturated heterocycles. The summed E-state index contributed by atoms with van der Waals surface area (Å²) in [5.74, 6) is 0.336. The normalized spacial score (nSPS) is 20.5. The Morgan fingerprint density at radius 3 is 2.64 bits per heavy atom. The van der Waals surface area contributed by atoms with Crippen LogP contribution in [0.5, 0.6) is 0 Å².